The second-order valence-corrected chi connectivity index (χ2v) is 6.33. The number of nitrogens with two attached hydrogens (primary N) is 1. The Bertz CT molecular complexity index is 571. The lowest BCUT2D eigenvalue weighted by Gasteiger charge is -2.19. The first-order valence-corrected chi connectivity index (χ1v) is 7.83. The van der Waals surface area contributed by atoms with E-state index in [-0.39, 0.29) is 18.0 Å². The topological polar surface area (TPSA) is 101 Å². The van der Waals surface area contributed by atoms with Crippen LogP contribution in [0.2, 0.25) is 0 Å². The van der Waals surface area contributed by atoms with Crippen LogP contribution in [-0.2, 0) is 14.8 Å². The van der Waals surface area contributed by atoms with Crippen molar-refractivity contribution in [2.45, 2.75) is 31.3 Å². The van der Waals surface area contributed by atoms with E-state index in [4.69, 9.17) is 5.73 Å². The minimum absolute atomic E-state index is 0.0469. The summed E-state index contributed by atoms with van der Waals surface area (Å²) < 4.78 is 25.8. The lowest BCUT2D eigenvalue weighted by Crippen LogP contribution is -2.38. The predicted molar refractivity (Wildman–Crippen MR) is 75.3 cm³/mol. The van der Waals surface area contributed by atoms with Crippen LogP contribution >= 0.6 is 0 Å². The van der Waals surface area contributed by atoms with Crippen molar-refractivity contribution in [2.75, 3.05) is 13.1 Å². The van der Waals surface area contributed by atoms with Gasteiger partial charge in [-0.3, -0.25) is 4.79 Å². The van der Waals surface area contributed by atoms with Gasteiger partial charge in [0.05, 0.1) is 17.5 Å². The smallest absolute Gasteiger partial charge is 0.243 e. The van der Waals surface area contributed by atoms with E-state index < -0.39 is 22.0 Å². The Hall–Kier alpha value is -1.44. The van der Waals surface area contributed by atoms with E-state index in [9.17, 15) is 18.3 Å². The number of nitrogens with zero attached hydrogens (tertiary/aromatic N) is 1. The Morgan fingerprint density at radius 1 is 1.40 bits per heavy atom. The third kappa shape index (κ3) is 3.78. The third-order valence-corrected chi connectivity index (χ3v) is 4.87. The van der Waals surface area contributed by atoms with Gasteiger partial charge in [0, 0.05) is 6.54 Å². The molecule has 0 fully saturated rings. The summed E-state index contributed by atoms with van der Waals surface area (Å²) in [4.78, 5) is 11.0. The normalized spacial score (nSPS) is 13.4. The molecule has 0 saturated carbocycles. The zero-order valence-corrected chi connectivity index (χ0v) is 12.4. The van der Waals surface area contributed by atoms with Crippen LogP contribution in [0.5, 0.6) is 0 Å². The molecule has 0 saturated heterocycles. The van der Waals surface area contributed by atoms with Gasteiger partial charge in [-0.1, -0.05) is 26.0 Å². The largest absolute Gasteiger partial charge is 0.388 e. The average molecular weight is 300 g/mol. The van der Waals surface area contributed by atoms with E-state index in [2.05, 4.69) is 0 Å². The van der Waals surface area contributed by atoms with Crippen LogP contribution in [0.25, 0.3) is 0 Å². The molecule has 20 heavy (non-hydrogen) atoms. The number of hydrogen-bond acceptors (Lipinski definition) is 4. The quantitative estimate of drug-likeness (QED) is 0.771. The molecule has 7 heteroatoms. The molecule has 112 valence electrons. The molecular weight excluding hydrogens is 280 g/mol. The monoisotopic (exact) mass is 300 g/mol. The molecule has 0 aliphatic rings. The molecular formula is C13H20N2O4S. The van der Waals surface area contributed by atoms with Gasteiger partial charge in [-0.15, -0.1) is 0 Å². The summed E-state index contributed by atoms with van der Waals surface area (Å²) in [6, 6.07) is 6.09. The molecule has 0 aliphatic heterocycles. The van der Waals surface area contributed by atoms with Crippen LogP contribution in [0.1, 0.15) is 31.9 Å². The van der Waals surface area contributed by atoms with E-state index in [1.54, 1.807) is 26.0 Å². The Balaban J connectivity index is 3.17. The highest BCUT2D eigenvalue weighted by Crippen LogP contribution is 2.22. The Morgan fingerprint density at radius 2 is 2.05 bits per heavy atom. The number of carbonyl (C=O) groups is 1. The second kappa shape index (κ2) is 6.83. The van der Waals surface area contributed by atoms with Crippen molar-refractivity contribution >= 4 is 15.9 Å². The summed E-state index contributed by atoms with van der Waals surface area (Å²) in [5.74, 6) is -0.708. The average Bonchev–Trinajstić information content (AvgIpc) is 2.43. The molecule has 0 spiro atoms. The van der Waals surface area contributed by atoms with Gasteiger partial charge in [-0.25, -0.2) is 8.42 Å². The molecule has 1 aromatic rings. The molecule has 3 N–H and O–H groups in total. The summed E-state index contributed by atoms with van der Waals surface area (Å²) in [6.07, 6.45) is -0.223. The fourth-order valence-corrected chi connectivity index (χ4v) is 3.28. The minimum Gasteiger partial charge on any atom is -0.388 e. The van der Waals surface area contributed by atoms with Gasteiger partial charge in [0.1, 0.15) is 0 Å². The SMILES string of the molecule is CCC(O)c1cccc(S(=O)(=O)N(CC)CC(N)=O)c1. The number of sulfonamides is 1. The highest BCUT2D eigenvalue weighted by atomic mass is 32.2. The molecule has 1 aromatic carbocycles. The maximum absolute atomic E-state index is 12.4. The van der Waals surface area contributed by atoms with E-state index in [0.717, 1.165) is 4.31 Å². The molecule has 0 bridgehead atoms. The molecule has 0 radical (unpaired) electrons. The summed E-state index contributed by atoms with van der Waals surface area (Å²) in [5, 5.41) is 9.78. The van der Waals surface area contributed by atoms with E-state index in [0.29, 0.717) is 12.0 Å². The molecule has 1 unspecified atom stereocenters. The zero-order chi connectivity index (χ0) is 15.3. The number of likely N-dealkylation sites (N-methyl/N-ethyl adjacent to an activating group) is 1. The lowest BCUT2D eigenvalue weighted by molar-refractivity contribution is -0.118. The van der Waals surface area contributed by atoms with Gasteiger partial charge >= 0.3 is 0 Å². The van der Waals surface area contributed by atoms with Gasteiger partial charge in [0.2, 0.25) is 15.9 Å². The van der Waals surface area contributed by atoms with Gasteiger partial charge in [0.25, 0.3) is 0 Å². The molecule has 6 nitrogen and oxygen atoms in total. The number of amides is 1. The van der Waals surface area contributed by atoms with Gasteiger partial charge in [-0.2, -0.15) is 4.31 Å². The first-order valence-electron chi connectivity index (χ1n) is 6.39. The number of hydrogen-bond donors (Lipinski definition) is 2. The fraction of sp³-hybridized carbons (Fsp3) is 0.462. The third-order valence-electron chi connectivity index (χ3n) is 2.95. The van der Waals surface area contributed by atoms with E-state index >= 15 is 0 Å². The van der Waals surface area contributed by atoms with E-state index in [1.165, 1.54) is 12.1 Å². The lowest BCUT2D eigenvalue weighted by atomic mass is 10.1. The van der Waals surface area contributed by atoms with E-state index in [1.807, 2.05) is 0 Å². The van der Waals surface area contributed by atoms with Crippen molar-refractivity contribution in [3.63, 3.8) is 0 Å². The summed E-state index contributed by atoms with van der Waals surface area (Å²) >= 11 is 0. The van der Waals surface area contributed by atoms with Crippen LogP contribution < -0.4 is 5.73 Å². The zero-order valence-electron chi connectivity index (χ0n) is 11.6. The highest BCUT2D eigenvalue weighted by Gasteiger charge is 2.25. The highest BCUT2D eigenvalue weighted by molar-refractivity contribution is 7.89. The Labute approximate surface area is 119 Å². The van der Waals surface area contributed by atoms with Crippen LogP contribution in [0.15, 0.2) is 29.2 Å². The van der Waals surface area contributed by atoms with Gasteiger partial charge < -0.3 is 10.8 Å². The first kappa shape index (κ1) is 16.6. The van der Waals surface area contributed by atoms with Crippen LogP contribution in [0.4, 0.5) is 0 Å². The van der Waals surface area contributed by atoms with Gasteiger partial charge in [0.15, 0.2) is 0 Å². The van der Waals surface area contributed by atoms with Crippen molar-refractivity contribution < 1.29 is 18.3 Å². The van der Waals surface area contributed by atoms with Crippen LogP contribution in [-0.4, -0.2) is 36.8 Å². The molecule has 0 aliphatic carbocycles. The van der Waals surface area contributed by atoms with Crippen molar-refractivity contribution in [1.82, 2.24) is 4.31 Å². The second-order valence-electron chi connectivity index (χ2n) is 4.39. The molecule has 0 heterocycles. The number of aliphatic hydroxyl groups is 1. The number of carbonyl (C=O) groups excluding carboxylic acids is 1. The number of aliphatic hydroxyl groups excluding tert-OH is 1. The van der Waals surface area contributed by atoms with Crippen LogP contribution in [0.3, 0.4) is 0 Å². The summed E-state index contributed by atoms with van der Waals surface area (Å²) in [5.41, 5.74) is 5.59. The van der Waals surface area contributed by atoms with Gasteiger partial charge in [-0.05, 0) is 24.1 Å². The van der Waals surface area contributed by atoms with Crippen molar-refractivity contribution in [2.24, 2.45) is 5.73 Å². The molecule has 1 rings (SSSR count). The predicted octanol–water partition coefficient (Wildman–Crippen LogP) is 0.626. The van der Waals surface area contributed by atoms with Crippen molar-refractivity contribution in [3.05, 3.63) is 29.8 Å². The first-order chi connectivity index (χ1) is 9.32. The minimum atomic E-state index is -3.79. The number of rotatable bonds is 7. The maximum Gasteiger partial charge on any atom is 0.243 e. The maximum atomic E-state index is 12.4. The van der Waals surface area contributed by atoms with Crippen LogP contribution in [0, 0.1) is 0 Å². The number of benzene rings is 1. The molecule has 1 atom stereocenters. The molecule has 0 aromatic heterocycles. The summed E-state index contributed by atoms with van der Waals surface area (Å²) in [6.45, 7) is 3.22. The fourth-order valence-electron chi connectivity index (χ4n) is 1.81. The standard InChI is InChI=1S/C13H20N2O4S/c1-3-12(16)10-6-5-7-11(8-10)20(18,19)15(4-2)9-13(14)17/h5-8,12,16H,3-4,9H2,1-2H3,(H2,14,17). The number of primary amides is 1. The van der Waals surface area contributed by atoms with Crippen molar-refractivity contribution in [3.8, 4) is 0 Å². The molecule has 1 amide bonds. The summed E-state index contributed by atoms with van der Waals surface area (Å²) in [7, 11) is -3.79. The Kier molecular flexibility index (Phi) is 5.67. The Morgan fingerprint density at radius 3 is 2.55 bits per heavy atom. The van der Waals surface area contributed by atoms with Crippen molar-refractivity contribution in [1.29, 1.82) is 0 Å².